The van der Waals surface area contributed by atoms with Gasteiger partial charge in [0.1, 0.15) is 36.6 Å². The molecule has 9 N–H and O–H groups in total. The number of carbonyl (C=O) groups is 1. The molecule has 2 saturated heterocycles. The van der Waals surface area contributed by atoms with Crippen LogP contribution >= 0.6 is 0 Å². The number of ether oxygens (including phenoxy) is 4. The van der Waals surface area contributed by atoms with Crippen LogP contribution < -0.4 is 10.5 Å². The molecule has 0 amide bonds. The van der Waals surface area contributed by atoms with Gasteiger partial charge in [0.2, 0.25) is 6.29 Å². The van der Waals surface area contributed by atoms with Crippen LogP contribution in [0, 0.1) is 0 Å². The van der Waals surface area contributed by atoms with Crippen LogP contribution in [0.3, 0.4) is 0 Å². The van der Waals surface area contributed by atoms with Crippen molar-refractivity contribution in [1.82, 2.24) is 0 Å². The van der Waals surface area contributed by atoms with Crippen LogP contribution in [0.5, 0.6) is 11.5 Å². The van der Waals surface area contributed by atoms with E-state index >= 15 is 0 Å². The first kappa shape index (κ1) is 27.5. The number of benzene rings is 1. The zero-order valence-electron chi connectivity index (χ0n) is 19.4. The van der Waals surface area contributed by atoms with Gasteiger partial charge in [-0.2, -0.15) is 0 Å². The van der Waals surface area contributed by atoms with Gasteiger partial charge in [0.25, 0.3) is 0 Å². The number of carbonyl (C=O) groups excluding carboxylic acids is 1. The summed E-state index contributed by atoms with van der Waals surface area (Å²) in [5.41, 5.74) is 5.79. The number of hydrogen-bond acceptors (Lipinski definition) is 13. The highest BCUT2D eigenvalue weighted by molar-refractivity contribution is 5.79. The number of hydrogen-bond donors (Lipinski definition) is 8. The normalized spacial score (nSPS) is 38.2. The van der Waals surface area contributed by atoms with Crippen molar-refractivity contribution in [2.45, 2.75) is 61.3 Å². The summed E-state index contributed by atoms with van der Waals surface area (Å²) in [5, 5.41) is 71.8. The van der Waals surface area contributed by atoms with Crippen molar-refractivity contribution in [3.05, 3.63) is 18.2 Å². The van der Waals surface area contributed by atoms with Crippen LogP contribution in [0.2, 0.25) is 0 Å². The van der Waals surface area contributed by atoms with Gasteiger partial charge >= 0.3 is 5.97 Å². The molecule has 0 aromatic heterocycles. The number of quaternary nitrogens is 1. The van der Waals surface area contributed by atoms with Crippen molar-refractivity contribution < 1.29 is 64.0 Å². The maximum Gasteiger partial charge on any atom is 0.343 e. The molecule has 0 saturated carbocycles. The number of aliphatic hydroxyl groups excluding tert-OH is 6. The Morgan fingerprint density at radius 2 is 1.69 bits per heavy atom. The molecule has 2 aliphatic rings. The number of likely N-dealkylation sites (N-methyl/N-ethyl adjacent to an activating group) is 1. The summed E-state index contributed by atoms with van der Waals surface area (Å²) in [6, 6.07) is 2.74. The maximum atomic E-state index is 12.7. The Morgan fingerprint density at radius 1 is 1.03 bits per heavy atom. The number of phenols is 1. The van der Waals surface area contributed by atoms with Crippen molar-refractivity contribution in [1.29, 1.82) is 0 Å². The molecule has 10 atom stereocenters. The number of rotatable bonds is 6. The lowest BCUT2D eigenvalue weighted by molar-refractivity contribution is -0.910. The number of aliphatic hydroxyl groups is 6. The van der Waals surface area contributed by atoms with Gasteiger partial charge in [0, 0.05) is 11.8 Å². The third-order valence-electron chi connectivity index (χ3n) is 6.02. The van der Waals surface area contributed by atoms with Crippen LogP contribution in [0.4, 0.5) is 5.69 Å². The summed E-state index contributed by atoms with van der Waals surface area (Å²) in [4.78, 5) is 12.7. The van der Waals surface area contributed by atoms with Gasteiger partial charge < -0.3 is 64.9 Å². The third-order valence-corrected chi connectivity index (χ3v) is 6.02. The Hall–Kier alpha value is -2.11. The molecule has 1 aromatic carbocycles. The second-order valence-corrected chi connectivity index (χ2v) is 9.49. The lowest BCUT2D eigenvalue weighted by Gasteiger charge is -2.49. The van der Waals surface area contributed by atoms with E-state index in [0.717, 1.165) is 6.07 Å². The largest absolute Gasteiger partial charge is 0.504 e. The average Bonchev–Trinajstić information content (AvgIpc) is 2.77. The second kappa shape index (κ2) is 10.5. The Labute approximate surface area is 200 Å². The summed E-state index contributed by atoms with van der Waals surface area (Å²) in [6.45, 7) is -0.657. The summed E-state index contributed by atoms with van der Waals surface area (Å²) in [5.74, 6) is -1.99. The van der Waals surface area contributed by atoms with Crippen LogP contribution in [-0.2, 0) is 19.0 Å². The molecule has 2 heterocycles. The summed E-state index contributed by atoms with van der Waals surface area (Å²) < 4.78 is 21.5. The Balaban J connectivity index is 1.85. The highest BCUT2D eigenvalue weighted by Crippen LogP contribution is 2.33. The molecule has 14 nitrogen and oxygen atoms in total. The molecule has 1 aromatic rings. The Kier molecular flexibility index (Phi) is 8.23. The molecule has 0 unspecified atom stereocenters. The number of esters is 1. The van der Waals surface area contributed by atoms with Gasteiger partial charge in [-0.25, -0.2) is 4.79 Å². The molecule has 14 heteroatoms. The molecule has 198 valence electrons. The molecule has 0 aliphatic carbocycles. The van der Waals surface area contributed by atoms with Gasteiger partial charge in [-0.15, -0.1) is 0 Å². The van der Waals surface area contributed by atoms with Crippen molar-refractivity contribution in [2.75, 3.05) is 33.5 Å². The summed E-state index contributed by atoms with van der Waals surface area (Å²) >= 11 is 0. The highest BCUT2D eigenvalue weighted by Gasteiger charge is 2.55. The molecule has 35 heavy (non-hydrogen) atoms. The molecular weight excluding hydrogens is 472 g/mol. The Bertz CT molecular complexity index is 896. The van der Waals surface area contributed by atoms with Crippen molar-refractivity contribution in [3.63, 3.8) is 0 Å². The first-order valence-electron chi connectivity index (χ1n) is 10.8. The smallest absolute Gasteiger partial charge is 0.343 e. The number of aromatic hydroxyl groups is 1. The average molecular weight is 505 g/mol. The Morgan fingerprint density at radius 3 is 2.29 bits per heavy atom. The van der Waals surface area contributed by atoms with Gasteiger partial charge in [-0.05, 0) is 12.1 Å². The van der Waals surface area contributed by atoms with Crippen LogP contribution in [0.15, 0.2) is 18.2 Å². The zero-order valence-corrected chi connectivity index (χ0v) is 19.4. The second-order valence-electron chi connectivity index (χ2n) is 9.49. The fourth-order valence-corrected chi connectivity index (χ4v) is 4.14. The SMILES string of the molecule is C[N+](C)(C)[C@@H]1[C@@H](O[C@@H]2O[C@H](C(=O)Oc3cc(N)ccc3O)[C@@H](O)[C@H](O)[C@H]2O)[C@H](O)[C@@H](CO)O[C@H]1O. The minimum Gasteiger partial charge on any atom is -0.504 e. The molecule has 0 radical (unpaired) electrons. The molecule has 2 fully saturated rings. The standard InChI is InChI=1S/C21H32N2O12/c1-23(2,3)12-17(13(26)11(7-24)33-19(12)30)34-21-16(29)14(27)15(28)18(35-21)20(31)32-10-6-8(22)4-5-9(10)25/h4-6,11-19,21,24,26-30H,7,22H2,1-3H3/p+1/t11-,12-,13-,14+,15+,16-,17-,18+,19-,21-/m1/s1. The van der Waals surface area contributed by atoms with E-state index in [9.17, 15) is 40.5 Å². The van der Waals surface area contributed by atoms with E-state index in [1.807, 2.05) is 0 Å². The van der Waals surface area contributed by atoms with E-state index in [2.05, 4.69) is 0 Å². The minimum absolute atomic E-state index is 0.00914. The quantitative estimate of drug-likeness (QED) is 0.0612. The fourth-order valence-electron chi connectivity index (χ4n) is 4.14. The van der Waals surface area contributed by atoms with Crippen molar-refractivity contribution in [3.8, 4) is 11.5 Å². The van der Waals surface area contributed by atoms with Crippen LogP contribution in [0.1, 0.15) is 0 Å². The minimum atomic E-state index is -1.94. The lowest BCUT2D eigenvalue weighted by atomic mass is 9.94. The topological polar surface area (TPSA) is 222 Å². The monoisotopic (exact) mass is 505 g/mol. The number of nitrogens with two attached hydrogens (primary N) is 1. The lowest BCUT2D eigenvalue weighted by Crippen LogP contribution is -2.70. The van der Waals surface area contributed by atoms with Gasteiger partial charge in [0.15, 0.2) is 29.9 Å². The van der Waals surface area contributed by atoms with Gasteiger partial charge in [-0.1, -0.05) is 0 Å². The molecule has 0 spiro atoms. The first-order chi connectivity index (χ1) is 16.3. The number of anilines is 1. The van der Waals surface area contributed by atoms with E-state index in [1.165, 1.54) is 12.1 Å². The van der Waals surface area contributed by atoms with Crippen LogP contribution in [-0.4, -0.2) is 135 Å². The summed E-state index contributed by atoms with van der Waals surface area (Å²) in [7, 11) is 5.03. The zero-order chi connectivity index (χ0) is 26.2. The van der Waals surface area contributed by atoms with Crippen molar-refractivity contribution >= 4 is 11.7 Å². The number of nitrogens with zero attached hydrogens (tertiary/aromatic N) is 1. The van der Waals surface area contributed by atoms with Gasteiger partial charge in [0.05, 0.1) is 27.7 Å². The van der Waals surface area contributed by atoms with E-state index in [0.29, 0.717) is 0 Å². The van der Waals surface area contributed by atoms with Crippen LogP contribution in [0.25, 0.3) is 0 Å². The van der Waals surface area contributed by atoms with E-state index in [1.54, 1.807) is 21.1 Å². The molecule has 2 aliphatic heterocycles. The van der Waals surface area contributed by atoms with E-state index < -0.39 is 79.7 Å². The molecule has 0 bridgehead atoms. The predicted molar refractivity (Wildman–Crippen MR) is 116 cm³/mol. The molecular formula is C21H33N2O12+. The highest BCUT2D eigenvalue weighted by atomic mass is 16.7. The number of nitrogen functional groups attached to an aromatic ring is 1. The van der Waals surface area contributed by atoms with E-state index in [4.69, 9.17) is 24.7 Å². The predicted octanol–water partition coefficient (Wildman–Crippen LogP) is -3.78. The first-order valence-corrected chi connectivity index (χ1v) is 10.8. The fraction of sp³-hybridized carbons (Fsp3) is 0.667. The third kappa shape index (κ3) is 5.67. The van der Waals surface area contributed by atoms with Crippen molar-refractivity contribution in [2.24, 2.45) is 0 Å². The number of phenolic OH excluding ortho intramolecular Hbond substituents is 1. The van der Waals surface area contributed by atoms with E-state index in [-0.39, 0.29) is 15.9 Å². The molecule has 3 rings (SSSR count). The van der Waals surface area contributed by atoms with Gasteiger partial charge in [-0.3, -0.25) is 0 Å². The maximum absolute atomic E-state index is 12.7. The summed E-state index contributed by atoms with van der Waals surface area (Å²) in [6.07, 6.45) is -14.9.